The molecule has 4 aliphatic carbocycles. The monoisotopic (exact) mass is 351 g/mol. The summed E-state index contributed by atoms with van der Waals surface area (Å²) in [5.74, 6) is 0.427. The van der Waals surface area contributed by atoms with Crippen LogP contribution in [0.5, 0.6) is 5.75 Å². The van der Waals surface area contributed by atoms with Gasteiger partial charge in [0.2, 0.25) is 11.8 Å². The number of aryl methyl sites for hydroxylation is 2. The standard InChI is InChI=1S/C21H21NO4/c1-10-5-11(2)7-12(6-10)26-17(23)9-22-20(24)18-13-3-4-14(16-8-15(13)16)19(18)21(22)25/h3-7,13-16,18-19H,8-9H2,1-2H3/t13-,14-,15-,16+,18-,19-/m1/s1. The van der Waals surface area contributed by atoms with E-state index in [2.05, 4.69) is 12.2 Å². The van der Waals surface area contributed by atoms with E-state index in [0.29, 0.717) is 17.6 Å². The van der Waals surface area contributed by atoms with Crippen molar-refractivity contribution in [1.29, 1.82) is 0 Å². The highest BCUT2D eigenvalue weighted by Gasteiger charge is 2.67. The van der Waals surface area contributed by atoms with E-state index >= 15 is 0 Å². The van der Waals surface area contributed by atoms with Gasteiger partial charge in [-0.25, -0.2) is 4.79 Å². The summed E-state index contributed by atoms with van der Waals surface area (Å²) < 4.78 is 5.39. The van der Waals surface area contributed by atoms with Crippen LogP contribution in [0.15, 0.2) is 30.4 Å². The molecule has 26 heavy (non-hydrogen) atoms. The van der Waals surface area contributed by atoms with Crippen molar-refractivity contribution in [2.45, 2.75) is 20.3 Å². The number of ether oxygens (including phenoxy) is 1. The Balaban J connectivity index is 1.33. The molecule has 1 aromatic carbocycles. The molecule has 1 saturated heterocycles. The molecule has 2 amide bonds. The number of rotatable bonds is 3. The number of nitrogens with zero attached hydrogens (tertiary/aromatic N) is 1. The van der Waals surface area contributed by atoms with Crippen LogP contribution < -0.4 is 4.74 Å². The summed E-state index contributed by atoms with van der Waals surface area (Å²) in [6, 6.07) is 5.54. The number of allylic oxidation sites excluding steroid dienone is 2. The first-order valence-electron chi connectivity index (χ1n) is 9.26. The highest BCUT2D eigenvalue weighted by Crippen LogP contribution is 2.65. The molecule has 1 aromatic rings. The number of amides is 2. The number of hydrogen-bond donors (Lipinski definition) is 0. The van der Waals surface area contributed by atoms with Crippen molar-refractivity contribution in [3.8, 4) is 5.75 Å². The molecule has 6 atom stereocenters. The minimum atomic E-state index is -0.569. The quantitative estimate of drug-likeness (QED) is 0.363. The molecule has 0 unspecified atom stereocenters. The summed E-state index contributed by atoms with van der Waals surface area (Å²) in [5.41, 5.74) is 1.99. The number of carbonyl (C=O) groups is 3. The van der Waals surface area contributed by atoms with Crippen molar-refractivity contribution >= 4 is 17.8 Å². The van der Waals surface area contributed by atoms with E-state index in [4.69, 9.17) is 4.74 Å². The largest absolute Gasteiger partial charge is 0.425 e. The van der Waals surface area contributed by atoms with Crippen molar-refractivity contribution in [1.82, 2.24) is 4.90 Å². The fourth-order valence-corrected chi connectivity index (χ4v) is 5.46. The predicted octanol–water partition coefficient (Wildman–Crippen LogP) is 2.26. The molecule has 134 valence electrons. The zero-order valence-corrected chi connectivity index (χ0v) is 14.8. The molecule has 6 rings (SSSR count). The highest BCUT2D eigenvalue weighted by atomic mass is 16.5. The molecular weight excluding hydrogens is 330 g/mol. The van der Waals surface area contributed by atoms with Crippen molar-refractivity contribution in [2.24, 2.45) is 35.5 Å². The Morgan fingerprint density at radius 3 is 2.08 bits per heavy atom. The molecule has 1 heterocycles. The molecule has 0 N–H and O–H groups in total. The van der Waals surface area contributed by atoms with Gasteiger partial charge in [-0.3, -0.25) is 14.5 Å². The van der Waals surface area contributed by atoms with Gasteiger partial charge < -0.3 is 4.74 Å². The summed E-state index contributed by atoms with van der Waals surface area (Å²) >= 11 is 0. The van der Waals surface area contributed by atoms with Gasteiger partial charge in [0.1, 0.15) is 12.3 Å². The van der Waals surface area contributed by atoms with Gasteiger partial charge >= 0.3 is 5.97 Å². The topological polar surface area (TPSA) is 63.7 Å². The SMILES string of the molecule is Cc1cc(C)cc(OC(=O)CN2C(=O)[C@@H]3[C@@H]4C=C[C@H]([C@@H]5C[C@H]45)[C@H]3C2=O)c1. The number of carbonyl (C=O) groups excluding carboxylic acids is 3. The number of imide groups is 1. The van der Waals surface area contributed by atoms with Crippen LogP contribution >= 0.6 is 0 Å². The highest BCUT2D eigenvalue weighted by molar-refractivity contribution is 6.08. The normalized spacial score (nSPS) is 36.2. The Hall–Kier alpha value is -2.43. The molecule has 1 aliphatic heterocycles. The van der Waals surface area contributed by atoms with Crippen LogP contribution in [-0.4, -0.2) is 29.2 Å². The van der Waals surface area contributed by atoms with E-state index in [0.717, 1.165) is 22.4 Å². The maximum Gasteiger partial charge on any atom is 0.331 e. The first-order valence-corrected chi connectivity index (χ1v) is 9.26. The molecule has 0 radical (unpaired) electrons. The van der Waals surface area contributed by atoms with Crippen LogP contribution in [0.2, 0.25) is 0 Å². The van der Waals surface area contributed by atoms with E-state index in [1.54, 1.807) is 12.1 Å². The van der Waals surface area contributed by atoms with Gasteiger partial charge in [0.25, 0.3) is 0 Å². The van der Waals surface area contributed by atoms with Gasteiger partial charge in [0, 0.05) is 0 Å². The summed E-state index contributed by atoms with van der Waals surface area (Å²) in [6.07, 6.45) is 5.38. The lowest BCUT2D eigenvalue weighted by atomic mass is 9.63. The Bertz CT molecular complexity index is 817. The number of likely N-dealkylation sites (tertiary alicyclic amines) is 1. The van der Waals surface area contributed by atoms with Crippen molar-refractivity contribution < 1.29 is 19.1 Å². The van der Waals surface area contributed by atoms with Gasteiger partial charge in [-0.2, -0.15) is 0 Å². The third-order valence-corrected chi connectivity index (χ3v) is 6.47. The van der Waals surface area contributed by atoms with Crippen LogP contribution in [0.3, 0.4) is 0 Å². The van der Waals surface area contributed by atoms with Crippen LogP contribution in [0, 0.1) is 49.4 Å². The van der Waals surface area contributed by atoms with Crippen LogP contribution in [0.4, 0.5) is 0 Å². The second-order valence-electron chi connectivity index (χ2n) is 8.21. The Kier molecular flexibility index (Phi) is 3.21. The molecule has 3 fully saturated rings. The smallest absolute Gasteiger partial charge is 0.331 e. The first-order chi connectivity index (χ1) is 12.4. The molecule has 2 saturated carbocycles. The Labute approximate surface area is 152 Å². The Morgan fingerprint density at radius 1 is 1.00 bits per heavy atom. The third-order valence-electron chi connectivity index (χ3n) is 6.47. The predicted molar refractivity (Wildman–Crippen MR) is 93.0 cm³/mol. The number of benzene rings is 1. The van der Waals surface area contributed by atoms with Gasteiger partial charge in [-0.15, -0.1) is 0 Å². The second-order valence-corrected chi connectivity index (χ2v) is 8.21. The lowest BCUT2D eigenvalue weighted by molar-refractivity contribution is -0.148. The first kappa shape index (κ1) is 15.8. The van der Waals surface area contributed by atoms with Crippen LogP contribution in [0.25, 0.3) is 0 Å². The summed E-state index contributed by atoms with van der Waals surface area (Å²) in [6.45, 7) is 3.56. The van der Waals surface area contributed by atoms with E-state index in [9.17, 15) is 14.4 Å². The zero-order valence-electron chi connectivity index (χ0n) is 14.8. The van der Waals surface area contributed by atoms with Gasteiger partial charge in [0.05, 0.1) is 11.8 Å². The lowest BCUT2D eigenvalue weighted by Crippen LogP contribution is -2.40. The molecule has 5 nitrogen and oxygen atoms in total. The van der Waals surface area contributed by atoms with E-state index in [1.807, 2.05) is 19.9 Å². The number of esters is 1. The molecule has 2 bridgehead atoms. The average Bonchev–Trinajstić information content (AvgIpc) is 3.35. The number of hydrogen-bond acceptors (Lipinski definition) is 4. The molecule has 0 aromatic heterocycles. The van der Waals surface area contributed by atoms with E-state index in [-0.39, 0.29) is 42.0 Å². The van der Waals surface area contributed by atoms with Crippen LogP contribution in [0.1, 0.15) is 17.5 Å². The lowest BCUT2D eigenvalue weighted by Gasteiger charge is -2.37. The maximum absolute atomic E-state index is 12.9. The fraction of sp³-hybridized carbons (Fsp3) is 0.476. The van der Waals surface area contributed by atoms with Crippen molar-refractivity contribution in [3.63, 3.8) is 0 Å². The average molecular weight is 351 g/mol. The zero-order chi connectivity index (χ0) is 18.2. The fourth-order valence-electron chi connectivity index (χ4n) is 5.46. The van der Waals surface area contributed by atoms with E-state index < -0.39 is 5.97 Å². The molecule has 5 heteroatoms. The van der Waals surface area contributed by atoms with Crippen molar-refractivity contribution in [3.05, 3.63) is 41.5 Å². The van der Waals surface area contributed by atoms with Gasteiger partial charge in [0.15, 0.2) is 0 Å². The molecule has 5 aliphatic rings. The summed E-state index contributed by atoms with van der Waals surface area (Å²) in [5, 5.41) is 0. The minimum absolute atomic E-state index is 0.173. The Morgan fingerprint density at radius 2 is 1.54 bits per heavy atom. The van der Waals surface area contributed by atoms with Gasteiger partial charge in [-0.05, 0) is 67.2 Å². The third kappa shape index (κ3) is 2.19. The van der Waals surface area contributed by atoms with Gasteiger partial charge in [-0.1, -0.05) is 18.2 Å². The molecule has 0 spiro atoms. The van der Waals surface area contributed by atoms with Crippen molar-refractivity contribution in [2.75, 3.05) is 6.54 Å². The van der Waals surface area contributed by atoms with E-state index in [1.165, 1.54) is 0 Å². The summed E-state index contributed by atoms with van der Waals surface area (Å²) in [7, 11) is 0. The van der Waals surface area contributed by atoms with Crippen LogP contribution in [-0.2, 0) is 14.4 Å². The summed E-state index contributed by atoms with van der Waals surface area (Å²) in [4.78, 5) is 39.2. The maximum atomic E-state index is 12.9. The minimum Gasteiger partial charge on any atom is -0.425 e. The molecular formula is C21H21NO4. The second kappa shape index (κ2) is 5.29.